The van der Waals surface area contributed by atoms with Gasteiger partial charge >= 0.3 is 0 Å². The third-order valence-electron chi connectivity index (χ3n) is 2.96. The molecule has 0 aliphatic carbocycles. The number of ether oxygens (including phenoxy) is 1. The maximum absolute atomic E-state index is 11.7. The van der Waals surface area contributed by atoms with E-state index in [0.717, 1.165) is 0 Å². The van der Waals surface area contributed by atoms with E-state index in [2.05, 4.69) is 11.2 Å². The lowest BCUT2D eigenvalue weighted by atomic mass is 10.1. The number of benzene rings is 2. The van der Waals surface area contributed by atoms with E-state index >= 15 is 0 Å². The number of hydrogen-bond donors (Lipinski definition) is 1. The molecule has 0 atom stereocenters. The van der Waals surface area contributed by atoms with Gasteiger partial charge in [-0.2, -0.15) is 0 Å². The molecule has 22 heavy (non-hydrogen) atoms. The van der Waals surface area contributed by atoms with Crippen molar-refractivity contribution < 1.29 is 14.3 Å². The molecule has 2 aromatic rings. The molecule has 0 aromatic heterocycles. The van der Waals surface area contributed by atoms with Gasteiger partial charge in [0.05, 0.1) is 6.54 Å². The third kappa shape index (κ3) is 3.97. The molecule has 0 saturated carbocycles. The van der Waals surface area contributed by atoms with E-state index in [0.29, 0.717) is 22.6 Å². The number of Topliss-reactive ketones (excluding diaryl/α,β-unsaturated/α-hetero) is 1. The summed E-state index contributed by atoms with van der Waals surface area (Å²) in [6, 6.07) is 13.6. The first kappa shape index (κ1) is 15.3. The van der Waals surface area contributed by atoms with Crippen LogP contribution in [0.5, 0.6) is 11.5 Å². The van der Waals surface area contributed by atoms with E-state index in [1.165, 1.54) is 6.92 Å². The number of carbonyl (C=O) groups is 2. The van der Waals surface area contributed by atoms with Crippen molar-refractivity contribution in [3.63, 3.8) is 0 Å². The van der Waals surface area contributed by atoms with Crippen LogP contribution >= 0.6 is 0 Å². The Hall–Kier alpha value is -3.06. The van der Waals surface area contributed by atoms with Gasteiger partial charge in [-0.15, -0.1) is 6.42 Å². The van der Waals surface area contributed by atoms with Gasteiger partial charge in [-0.25, -0.2) is 0 Å². The van der Waals surface area contributed by atoms with Crippen LogP contribution in [0.4, 0.5) is 0 Å². The Balaban J connectivity index is 2.03. The first-order valence-corrected chi connectivity index (χ1v) is 6.71. The number of carbonyl (C=O) groups excluding carboxylic acids is 2. The smallest absolute Gasteiger partial charge is 0.252 e. The molecule has 2 rings (SSSR count). The zero-order valence-corrected chi connectivity index (χ0v) is 12.1. The average Bonchev–Trinajstić information content (AvgIpc) is 2.54. The van der Waals surface area contributed by atoms with Crippen molar-refractivity contribution in [2.24, 2.45) is 0 Å². The van der Waals surface area contributed by atoms with Crippen molar-refractivity contribution in [3.05, 3.63) is 59.7 Å². The van der Waals surface area contributed by atoms with Crippen molar-refractivity contribution in [1.82, 2.24) is 5.32 Å². The van der Waals surface area contributed by atoms with Crippen LogP contribution in [0.1, 0.15) is 27.6 Å². The van der Waals surface area contributed by atoms with Crippen LogP contribution in [0, 0.1) is 12.3 Å². The second kappa shape index (κ2) is 7.09. The zero-order valence-electron chi connectivity index (χ0n) is 12.1. The van der Waals surface area contributed by atoms with Crippen LogP contribution < -0.4 is 10.1 Å². The van der Waals surface area contributed by atoms with Gasteiger partial charge in [-0.1, -0.05) is 5.92 Å². The fraction of sp³-hybridized carbons (Fsp3) is 0.111. The molecule has 110 valence electrons. The Labute approximate surface area is 129 Å². The van der Waals surface area contributed by atoms with Crippen LogP contribution in [0.2, 0.25) is 0 Å². The molecule has 0 radical (unpaired) electrons. The summed E-state index contributed by atoms with van der Waals surface area (Å²) >= 11 is 0. The second-order valence-electron chi connectivity index (χ2n) is 4.59. The van der Waals surface area contributed by atoms with E-state index in [1.807, 2.05) is 0 Å². The molecule has 1 amide bonds. The SMILES string of the molecule is C#CCNC(=O)c1ccc(Oc2ccc(C(C)=O)cc2)cc1. The van der Waals surface area contributed by atoms with Crippen LogP contribution in [0.3, 0.4) is 0 Å². The molecule has 0 saturated heterocycles. The van der Waals surface area contributed by atoms with Gasteiger partial charge in [0, 0.05) is 11.1 Å². The Morgan fingerprint density at radius 1 is 1.00 bits per heavy atom. The fourth-order valence-electron chi connectivity index (χ4n) is 1.80. The van der Waals surface area contributed by atoms with Crippen molar-refractivity contribution in [3.8, 4) is 23.8 Å². The lowest BCUT2D eigenvalue weighted by molar-refractivity contribution is 0.0957. The number of nitrogens with one attached hydrogen (secondary N) is 1. The van der Waals surface area contributed by atoms with Crippen molar-refractivity contribution in [1.29, 1.82) is 0 Å². The minimum absolute atomic E-state index is 0.00823. The highest BCUT2D eigenvalue weighted by Crippen LogP contribution is 2.22. The van der Waals surface area contributed by atoms with E-state index in [1.54, 1.807) is 48.5 Å². The number of rotatable bonds is 5. The van der Waals surface area contributed by atoms with Crippen LogP contribution in [0.15, 0.2) is 48.5 Å². The largest absolute Gasteiger partial charge is 0.457 e. The lowest BCUT2D eigenvalue weighted by Gasteiger charge is -2.07. The van der Waals surface area contributed by atoms with E-state index in [9.17, 15) is 9.59 Å². The van der Waals surface area contributed by atoms with E-state index < -0.39 is 0 Å². The average molecular weight is 293 g/mol. The minimum Gasteiger partial charge on any atom is -0.457 e. The van der Waals surface area contributed by atoms with E-state index in [-0.39, 0.29) is 18.2 Å². The molecule has 2 aromatic carbocycles. The third-order valence-corrected chi connectivity index (χ3v) is 2.96. The Morgan fingerprint density at radius 2 is 1.50 bits per heavy atom. The molecule has 0 spiro atoms. The highest BCUT2D eigenvalue weighted by atomic mass is 16.5. The summed E-state index contributed by atoms with van der Waals surface area (Å²) in [6.45, 7) is 1.71. The van der Waals surface area contributed by atoms with Gasteiger partial charge in [0.25, 0.3) is 5.91 Å². The van der Waals surface area contributed by atoms with Gasteiger partial charge in [-0.3, -0.25) is 9.59 Å². The van der Waals surface area contributed by atoms with Crippen LogP contribution in [-0.2, 0) is 0 Å². The minimum atomic E-state index is -0.227. The maximum atomic E-state index is 11.7. The van der Waals surface area contributed by atoms with Crippen molar-refractivity contribution >= 4 is 11.7 Å². The summed E-state index contributed by atoms with van der Waals surface area (Å²) < 4.78 is 5.65. The first-order valence-electron chi connectivity index (χ1n) is 6.71. The molecule has 0 unspecified atom stereocenters. The van der Waals surface area contributed by atoms with Gasteiger partial charge in [0.1, 0.15) is 11.5 Å². The number of ketones is 1. The summed E-state index contributed by atoms with van der Waals surface area (Å²) in [5.74, 6) is 3.35. The lowest BCUT2D eigenvalue weighted by Crippen LogP contribution is -2.23. The summed E-state index contributed by atoms with van der Waals surface area (Å²) in [4.78, 5) is 22.9. The molecule has 4 heteroatoms. The monoisotopic (exact) mass is 293 g/mol. The molecule has 0 fully saturated rings. The first-order chi connectivity index (χ1) is 10.6. The summed E-state index contributed by atoms with van der Waals surface area (Å²) in [5, 5.41) is 2.59. The second-order valence-corrected chi connectivity index (χ2v) is 4.59. The number of hydrogen-bond acceptors (Lipinski definition) is 3. The fourth-order valence-corrected chi connectivity index (χ4v) is 1.80. The molecule has 4 nitrogen and oxygen atoms in total. The standard InChI is InChI=1S/C18H15NO3/c1-3-12-19-18(21)15-6-10-17(11-7-15)22-16-8-4-14(5-9-16)13(2)20/h1,4-11H,12H2,2H3,(H,19,21). The van der Waals surface area contributed by atoms with Gasteiger partial charge in [0.2, 0.25) is 0 Å². The number of amides is 1. The normalized spacial score (nSPS) is 9.64. The molecule has 0 aliphatic heterocycles. The highest BCUT2D eigenvalue weighted by molar-refractivity contribution is 5.94. The molecular weight excluding hydrogens is 278 g/mol. The Kier molecular flexibility index (Phi) is 4.94. The molecular formula is C18H15NO3. The van der Waals surface area contributed by atoms with Gasteiger partial charge in [-0.05, 0) is 55.5 Å². The molecule has 0 aliphatic rings. The molecule has 0 heterocycles. The predicted molar refractivity (Wildman–Crippen MR) is 84.1 cm³/mol. The van der Waals surface area contributed by atoms with Crippen LogP contribution in [-0.4, -0.2) is 18.2 Å². The Morgan fingerprint density at radius 3 is 1.95 bits per heavy atom. The van der Waals surface area contributed by atoms with Crippen molar-refractivity contribution in [2.45, 2.75) is 6.92 Å². The zero-order chi connectivity index (χ0) is 15.9. The number of terminal acetylenes is 1. The molecule has 0 bridgehead atoms. The summed E-state index contributed by atoms with van der Waals surface area (Å²) in [7, 11) is 0. The highest BCUT2D eigenvalue weighted by Gasteiger charge is 2.05. The maximum Gasteiger partial charge on any atom is 0.252 e. The quantitative estimate of drug-likeness (QED) is 0.681. The molecule has 1 N–H and O–H groups in total. The predicted octanol–water partition coefficient (Wildman–Crippen LogP) is 3.04. The summed E-state index contributed by atoms with van der Waals surface area (Å²) in [5.41, 5.74) is 1.14. The van der Waals surface area contributed by atoms with E-state index in [4.69, 9.17) is 11.2 Å². The van der Waals surface area contributed by atoms with Gasteiger partial charge < -0.3 is 10.1 Å². The topological polar surface area (TPSA) is 55.4 Å². The van der Waals surface area contributed by atoms with Crippen molar-refractivity contribution in [2.75, 3.05) is 6.54 Å². The summed E-state index contributed by atoms with van der Waals surface area (Å²) in [6.07, 6.45) is 5.09. The van der Waals surface area contributed by atoms with Crippen LogP contribution in [0.25, 0.3) is 0 Å². The van der Waals surface area contributed by atoms with Gasteiger partial charge in [0.15, 0.2) is 5.78 Å². The Bertz CT molecular complexity index is 709.